The van der Waals surface area contributed by atoms with Crippen LogP contribution in [0.4, 0.5) is 14.9 Å². The highest BCUT2D eigenvalue weighted by molar-refractivity contribution is 5.99. The van der Waals surface area contributed by atoms with Crippen molar-refractivity contribution in [3.8, 4) is 5.88 Å². The van der Waals surface area contributed by atoms with E-state index in [0.717, 1.165) is 18.4 Å². The van der Waals surface area contributed by atoms with E-state index in [1.54, 1.807) is 17.0 Å². The summed E-state index contributed by atoms with van der Waals surface area (Å²) in [5.41, 5.74) is 2.13. The molecule has 5 atom stereocenters. The lowest BCUT2D eigenvalue weighted by Gasteiger charge is -2.48. The van der Waals surface area contributed by atoms with Crippen molar-refractivity contribution in [1.29, 1.82) is 0 Å². The molecule has 260 valence electrons. The molecule has 0 spiro atoms. The van der Waals surface area contributed by atoms with Crippen LogP contribution in [0, 0.1) is 11.7 Å². The van der Waals surface area contributed by atoms with Gasteiger partial charge in [0.25, 0.3) is 5.91 Å². The number of carbonyl (C=O) groups excluding carboxylic acids is 2. The van der Waals surface area contributed by atoms with Crippen molar-refractivity contribution in [2.45, 2.75) is 77.2 Å². The number of pyridine rings is 1. The average molecular weight is 667 g/mol. The van der Waals surface area contributed by atoms with Gasteiger partial charge in [-0.15, -0.1) is 0 Å². The molecule has 12 nitrogen and oxygen atoms in total. The Kier molecular flexibility index (Phi) is 10.2. The van der Waals surface area contributed by atoms with Crippen molar-refractivity contribution in [2.24, 2.45) is 5.92 Å². The van der Waals surface area contributed by atoms with Gasteiger partial charge in [-0.3, -0.25) is 19.4 Å². The van der Waals surface area contributed by atoms with Gasteiger partial charge < -0.3 is 29.7 Å². The molecular formula is C35H47FN6O6. The fourth-order valence-corrected chi connectivity index (χ4v) is 7.12. The Morgan fingerprint density at radius 1 is 0.979 bits per heavy atom. The summed E-state index contributed by atoms with van der Waals surface area (Å²) in [6.07, 6.45) is 1.53. The molecule has 0 unspecified atom stereocenters. The van der Waals surface area contributed by atoms with Crippen LogP contribution in [-0.2, 0) is 16.0 Å². The monoisotopic (exact) mass is 666 g/mol. The van der Waals surface area contributed by atoms with Crippen LogP contribution in [0.5, 0.6) is 5.88 Å². The second kappa shape index (κ2) is 14.4. The van der Waals surface area contributed by atoms with Crippen molar-refractivity contribution in [1.82, 2.24) is 25.0 Å². The highest BCUT2D eigenvalue weighted by Crippen LogP contribution is 2.36. The summed E-state index contributed by atoms with van der Waals surface area (Å²) in [5.74, 6) is -0.107. The number of benzene rings is 1. The van der Waals surface area contributed by atoms with Gasteiger partial charge in [0.05, 0.1) is 25.8 Å². The number of morpholine rings is 1. The molecule has 3 amide bonds. The van der Waals surface area contributed by atoms with Gasteiger partial charge in [-0.05, 0) is 82.2 Å². The number of ether oxygens (including phenoxy) is 2. The molecule has 0 bridgehead atoms. The maximum atomic E-state index is 14.4. The van der Waals surface area contributed by atoms with E-state index < -0.39 is 6.09 Å². The Hall–Kier alpha value is -3.81. The number of rotatable bonds is 9. The fraction of sp³-hybridized carbons (Fsp3) is 0.600. The minimum Gasteiger partial charge on any atom is -0.474 e. The van der Waals surface area contributed by atoms with Crippen LogP contribution in [0.15, 0.2) is 30.3 Å². The third-order valence-electron chi connectivity index (χ3n) is 10.1. The van der Waals surface area contributed by atoms with Gasteiger partial charge in [-0.1, -0.05) is 12.1 Å². The molecule has 48 heavy (non-hydrogen) atoms. The zero-order valence-corrected chi connectivity index (χ0v) is 28.2. The van der Waals surface area contributed by atoms with E-state index in [4.69, 9.17) is 9.47 Å². The molecule has 6 rings (SSSR count). The number of aromatic nitrogens is 1. The van der Waals surface area contributed by atoms with Gasteiger partial charge in [0.15, 0.2) is 0 Å². The zero-order chi connectivity index (χ0) is 34.1. The topological polar surface area (TPSA) is 128 Å². The highest BCUT2D eigenvalue weighted by atomic mass is 19.1. The molecule has 1 saturated carbocycles. The summed E-state index contributed by atoms with van der Waals surface area (Å²) in [6, 6.07) is 7.46. The number of fused-ring (bicyclic) bond motifs is 1. The summed E-state index contributed by atoms with van der Waals surface area (Å²) >= 11 is 0. The van der Waals surface area contributed by atoms with Crippen LogP contribution in [-0.4, -0.2) is 125 Å². The van der Waals surface area contributed by atoms with E-state index in [2.05, 4.69) is 33.9 Å². The first-order chi connectivity index (χ1) is 23.0. The van der Waals surface area contributed by atoms with Gasteiger partial charge in [-0.25, -0.2) is 14.2 Å². The summed E-state index contributed by atoms with van der Waals surface area (Å²) in [6.45, 7) is 11.4. The number of nitrogens with zero attached hydrogens (tertiary/aromatic N) is 5. The maximum absolute atomic E-state index is 14.4. The van der Waals surface area contributed by atoms with E-state index in [0.29, 0.717) is 63.0 Å². The summed E-state index contributed by atoms with van der Waals surface area (Å²) in [5, 5.41) is 13.0. The van der Waals surface area contributed by atoms with Crippen molar-refractivity contribution in [2.75, 3.05) is 57.4 Å². The second-order valence-corrected chi connectivity index (χ2v) is 14.0. The highest BCUT2D eigenvalue weighted by Gasteiger charge is 2.40. The quantitative estimate of drug-likeness (QED) is 0.415. The number of hydrogen-bond acceptors (Lipinski definition) is 8. The number of carboxylic acid groups (broad SMARTS) is 1. The molecular weight excluding hydrogens is 619 g/mol. The van der Waals surface area contributed by atoms with E-state index in [1.165, 1.54) is 17.0 Å². The van der Waals surface area contributed by atoms with Crippen LogP contribution in [0.25, 0.3) is 0 Å². The molecule has 3 fully saturated rings. The lowest BCUT2D eigenvalue weighted by molar-refractivity contribution is -0.122. The van der Waals surface area contributed by atoms with E-state index in [1.807, 2.05) is 19.9 Å². The first-order valence-corrected chi connectivity index (χ1v) is 17.1. The molecule has 1 aromatic heterocycles. The number of anilines is 1. The number of hydrogen-bond donors (Lipinski definition) is 2. The normalized spacial score (nSPS) is 26.5. The third kappa shape index (κ3) is 7.58. The Bertz CT molecular complexity index is 1500. The van der Waals surface area contributed by atoms with Gasteiger partial charge in [0.2, 0.25) is 11.8 Å². The predicted octanol–water partition coefficient (Wildman–Crippen LogP) is 3.23. The Morgan fingerprint density at radius 2 is 1.69 bits per heavy atom. The molecule has 4 aliphatic rings. The Labute approximate surface area is 281 Å². The van der Waals surface area contributed by atoms with Crippen LogP contribution in [0.3, 0.4) is 0 Å². The van der Waals surface area contributed by atoms with Gasteiger partial charge >= 0.3 is 6.09 Å². The number of nitrogens with one attached hydrogen (secondary N) is 1. The molecule has 2 aromatic rings. The summed E-state index contributed by atoms with van der Waals surface area (Å²) in [4.78, 5) is 52.2. The van der Waals surface area contributed by atoms with Crippen molar-refractivity contribution in [3.05, 3.63) is 53.0 Å². The largest absolute Gasteiger partial charge is 0.474 e. The summed E-state index contributed by atoms with van der Waals surface area (Å²) < 4.78 is 25.5. The fourth-order valence-electron chi connectivity index (χ4n) is 7.12. The van der Waals surface area contributed by atoms with Crippen LogP contribution in [0.2, 0.25) is 0 Å². The van der Waals surface area contributed by atoms with Gasteiger partial charge in [0.1, 0.15) is 23.8 Å². The lowest BCUT2D eigenvalue weighted by atomic mass is 10.0. The van der Waals surface area contributed by atoms with Crippen LogP contribution in [0.1, 0.15) is 62.2 Å². The number of amides is 3. The zero-order valence-electron chi connectivity index (χ0n) is 28.2. The van der Waals surface area contributed by atoms with Crippen molar-refractivity contribution < 1.29 is 33.4 Å². The second-order valence-electron chi connectivity index (χ2n) is 14.0. The first kappa shape index (κ1) is 34.1. The molecule has 2 N–H and O–H groups in total. The van der Waals surface area contributed by atoms with Crippen molar-refractivity contribution >= 4 is 23.6 Å². The lowest BCUT2D eigenvalue weighted by Crippen LogP contribution is -2.65. The molecule has 3 aliphatic heterocycles. The molecule has 0 radical (unpaired) electrons. The van der Waals surface area contributed by atoms with E-state index in [-0.39, 0.29) is 72.6 Å². The SMILES string of the molecule is C[C@@H]1CN(CC(=O)N2c3cc(Cc4ccc(F)cc4)c(C(=O)NCC4CC4)nc3OC[C@@H]2C)[C@@H](CN2[C@H](C)COC[C@H]2C)CN1C(=O)O. The van der Waals surface area contributed by atoms with Crippen molar-refractivity contribution in [3.63, 3.8) is 0 Å². The van der Waals surface area contributed by atoms with Crippen LogP contribution >= 0.6 is 0 Å². The molecule has 1 aromatic carbocycles. The molecule has 1 aliphatic carbocycles. The van der Waals surface area contributed by atoms with E-state index >= 15 is 0 Å². The molecule has 4 heterocycles. The Morgan fingerprint density at radius 3 is 2.35 bits per heavy atom. The molecule has 13 heteroatoms. The third-order valence-corrected chi connectivity index (χ3v) is 10.1. The summed E-state index contributed by atoms with van der Waals surface area (Å²) in [7, 11) is 0. The van der Waals surface area contributed by atoms with Gasteiger partial charge in [-0.2, -0.15) is 0 Å². The standard InChI is InChI=1S/C35H47FN6O6/c1-21-14-39(29(16-41(21)35(45)46)15-40-22(2)18-47-19-23(40)3)17-31(43)42-24(4)20-48-34-30(42)12-27(11-25-7-9-28(36)10-8-25)32(38-34)33(44)37-13-26-5-6-26/h7-10,12,21-24,26,29H,5-6,11,13-20H2,1-4H3,(H,37,44)(H,45,46)/t21-,22-,23-,24+,29+/m1/s1. The minimum atomic E-state index is -0.964. The smallest absolute Gasteiger partial charge is 0.407 e. The Balaban J connectivity index is 1.28. The number of piperazine rings is 1. The predicted molar refractivity (Wildman–Crippen MR) is 177 cm³/mol. The number of carbonyl (C=O) groups is 3. The average Bonchev–Trinajstić information content (AvgIpc) is 3.88. The van der Waals surface area contributed by atoms with Gasteiger partial charge in [0, 0.05) is 50.3 Å². The number of halogens is 1. The first-order valence-electron chi connectivity index (χ1n) is 17.1. The van der Waals surface area contributed by atoms with Crippen LogP contribution < -0.4 is 15.0 Å². The maximum Gasteiger partial charge on any atom is 0.407 e. The minimum absolute atomic E-state index is 0.0796. The van der Waals surface area contributed by atoms with E-state index in [9.17, 15) is 23.9 Å². The molecule has 2 saturated heterocycles.